The third-order valence-electron chi connectivity index (χ3n) is 2.97. The van der Waals surface area contributed by atoms with Gasteiger partial charge in [0.1, 0.15) is 0 Å². The van der Waals surface area contributed by atoms with Gasteiger partial charge in [-0.25, -0.2) is 0 Å². The van der Waals surface area contributed by atoms with Crippen molar-refractivity contribution in [1.82, 2.24) is 0 Å². The molecule has 4 heteroatoms. The summed E-state index contributed by atoms with van der Waals surface area (Å²) >= 11 is 0. The standard InChI is InChI=1S/C11H21F3O/c1-6-8(9(2,3)4)7-10(5,15)11(12,13)14/h8,15H,6-7H2,1-5H3/t8-,10?/m0/s1. The number of rotatable bonds is 3. The average molecular weight is 226 g/mol. The van der Waals surface area contributed by atoms with E-state index in [0.29, 0.717) is 6.42 Å². The quantitative estimate of drug-likeness (QED) is 0.776. The summed E-state index contributed by atoms with van der Waals surface area (Å²) in [6.07, 6.45) is -4.15. The zero-order valence-corrected chi connectivity index (χ0v) is 10.1. The monoisotopic (exact) mass is 226 g/mol. The van der Waals surface area contributed by atoms with E-state index in [1.54, 1.807) is 0 Å². The predicted molar refractivity (Wildman–Crippen MR) is 54.5 cm³/mol. The fourth-order valence-corrected chi connectivity index (χ4v) is 1.66. The molecule has 92 valence electrons. The second-order valence-corrected chi connectivity index (χ2v) is 5.45. The van der Waals surface area contributed by atoms with E-state index in [0.717, 1.165) is 6.92 Å². The minimum atomic E-state index is -4.55. The zero-order chi connectivity index (χ0) is 12.5. The molecule has 0 bridgehead atoms. The summed E-state index contributed by atoms with van der Waals surface area (Å²) in [5.74, 6) is -0.144. The van der Waals surface area contributed by atoms with Gasteiger partial charge in [-0.3, -0.25) is 0 Å². The van der Waals surface area contributed by atoms with Crippen molar-refractivity contribution in [2.24, 2.45) is 11.3 Å². The number of alkyl halides is 3. The first kappa shape index (κ1) is 14.8. The number of hydrogen-bond donors (Lipinski definition) is 1. The Morgan fingerprint density at radius 1 is 1.07 bits per heavy atom. The van der Waals surface area contributed by atoms with Gasteiger partial charge in [0, 0.05) is 0 Å². The summed E-state index contributed by atoms with van der Waals surface area (Å²) in [4.78, 5) is 0. The first-order valence-corrected chi connectivity index (χ1v) is 5.21. The van der Waals surface area contributed by atoms with Crippen LogP contribution in [-0.2, 0) is 0 Å². The van der Waals surface area contributed by atoms with Crippen LogP contribution in [0.1, 0.15) is 47.5 Å². The predicted octanol–water partition coefficient (Wildman–Crippen LogP) is 3.76. The molecule has 0 aromatic rings. The molecule has 2 atom stereocenters. The van der Waals surface area contributed by atoms with Crippen LogP contribution in [0, 0.1) is 11.3 Å². The summed E-state index contributed by atoms with van der Waals surface area (Å²) in [7, 11) is 0. The van der Waals surface area contributed by atoms with E-state index in [9.17, 15) is 18.3 Å². The van der Waals surface area contributed by atoms with Crippen molar-refractivity contribution in [3.05, 3.63) is 0 Å². The van der Waals surface area contributed by atoms with Crippen LogP contribution in [0.15, 0.2) is 0 Å². The Balaban J connectivity index is 4.70. The summed E-state index contributed by atoms with van der Waals surface area (Å²) in [5.41, 5.74) is -2.80. The number of aliphatic hydroxyl groups is 1. The lowest BCUT2D eigenvalue weighted by Crippen LogP contribution is -2.45. The Kier molecular flexibility index (Phi) is 4.25. The average Bonchev–Trinajstić information content (AvgIpc) is 1.95. The molecule has 1 nitrogen and oxygen atoms in total. The molecule has 0 heterocycles. The van der Waals surface area contributed by atoms with E-state index >= 15 is 0 Å². The second-order valence-electron chi connectivity index (χ2n) is 5.45. The molecule has 0 fully saturated rings. The summed E-state index contributed by atoms with van der Waals surface area (Å²) in [6, 6.07) is 0. The van der Waals surface area contributed by atoms with Gasteiger partial charge in [0.2, 0.25) is 0 Å². The summed E-state index contributed by atoms with van der Waals surface area (Å²) in [5, 5.41) is 9.39. The van der Waals surface area contributed by atoms with E-state index in [1.807, 2.05) is 27.7 Å². The molecule has 1 unspecified atom stereocenters. The Bertz CT molecular complexity index is 201. The van der Waals surface area contributed by atoms with Gasteiger partial charge in [-0.2, -0.15) is 13.2 Å². The normalized spacial score (nSPS) is 19.8. The molecular formula is C11H21F3O. The van der Waals surface area contributed by atoms with Crippen LogP contribution in [0.3, 0.4) is 0 Å². The van der Waals surface area contributed by atoms with Gasteiger partial charge in [-0.05, 0) is 24.7 Å². The summed E-state index contributed by atoms with van der Waals surface area (Å²) < 4.78 is 37.4. The highest BCUT2D eigenvalue weighted by atomic mass is 19.4. The van der Waals surface area contributed by atoms with Crippen molar-refractivity contribution in [3.63, 3.8) is 0 Å². The van der Waals surface area contributed by atoms with E-state index in [1.165, 1.54) is 0 Å². The first-order valence-electron chi connectivity index (χ1n) is 5.21. The van der Waals surface area contributed by atoms with Crippen molar-refractivity contribution in [2.75, 3.05) is 0 Å². The Morgan fingerprint density at radius 2 is 1.47 bits per heavy atom. The molecule has 0 rings (SSSR count). The molecule has 0 aromatic carbocycles. The van der Waals surface area contributed by atoms with Crippen LogP contribution in [0.25, 0.3) is 0 Å². The maximum absolute atomic E-state index is 12.5. The van der Waals surface area contributed by atoms with Crippen LogP contribution < -0.4 is 0 Å². The Labute approximate surface area is 89.7 Å². The van der Waals surface area contributed by atoms with E-state index in [2.05, 4.69) is 0 Å². The third-order valence-corrected chi connectivity index (χ3v) is 2.97. The van der Waals surface area contributed by atoms with Gasteiger partial charge < -0.3 is 5.11 Å². The van der Waals surface area contributed by atoms with Crippen LogP contribution in [0.5, 0.6) is 0 Å². The zero-order valence-electron chi connectivity index (χ0n) is 10.1. The van der Waals surface area contributed by atoms with Gasteiger partial charge in [0.25, 0.3) is 0 Å². The van der Waals surface area contributed by atoms with E-state index in [4.69, 9.17) is 0 Å². The topological polar surface area (TPSA) is 20.2 Å². The smallest absolute Gasteiger partial charge is 0.381 e. The van der Waals surface area contributed by atoms with Crippen LogP contribution in [0.4, 0.5) is 13.2 Å². The fourth-order valence-electron chi connectivity index (χ4n) is 1.66. The molecular weight excluding hydrogens is 205 g/mol. The fraction of sp³-hybridized carbons (Fsp3) is 1.00. The maximum Gasteiger partial charge on any atom is 0.416 e. The van der Waals surface area contributed by atoms with Crippen molar-refractivity contribution in [2.45, 2.75) is 59.2 Å². The minimum absolute atomic E-state index is 0.144. The van der Waals surface area contributed by atoms with Gasteiger partial charge >= 0.3 is 6.18 Å². The van der Waals surface area contributed by atoms with Crippen LogP contribution >= 0.6 is 0 Å². The second kappa shape index (κ2) is 4.32. The number of halogens is 3. The molecule has 0 saturated carbocycles. The van der Waals surface area contributed by atoms with Gasteiger partial charge in [-0.15, -0.1) is 0 Å². The van der Waals surface area contributed by atoms with Crippen molar-refractivity contribution < 1.29 is 18.3 Å². The van der Waals surface area contributed by atoms with Gasteiger partial charge in [-0.1, -0.05) is 34.1 Å². The Hall–Kier alpha value is -0.250. The highest BCUT2D eigenvalue weighted by molar-refractivity contribution is 4.87. The third kappa shape index (κ3) is 4.01. The highest BCUT2D eigenvalue weighted by Gasteiger charge is 2.51. The molecule has 0 aliphatic heterocycles. The van der Waals surface area contributed by atoms with Crippen molar-refractivity contribution >= 4 is 0 Å². The van der Waals surface area contributed by atoms with E-state index in [-0.39, 0.29) is 17.8 Å². The minimum Gasteiger partial charge on any atom is -0.381 e. The van der Waals surface area contributed by atoms with Crippen molar-refractivity contribution in [1.29, 1.82) is 0 Å². The molecule has 1 N–H and O–H groups in total. The number of hydrogen-bond acceptors (Lipinski definition) is 1. The van der Waals surface area contributed by atoms with Crippen LogP contribution in [0.2, 0.25) is 0 Å². The highest BCUT2D eigenvalue weighted by Crippen LogP contribution is 2.41. The maximum atomic E-state index is 12.5. The molecule has 0 aliphatic rings. The molecule has 0 saturated heterocycles. The van der Waals surface area contributed by atoms with E-state index < -0.39 is 11.8 Å². The molecule has 15 heavy (non-hydrogen) atoms. The molecule has 0 aromatic heterocycles. The first-order chi connectivity index (χ1) is 6.42. The largest absolute Gasteiger partial charge is 0.416 e. The summed E-state index contributed by atoms with van der Waals surface area (Å²) in [6.45, 7) is 8.39. The van der Waals surface area contributed by atoms with Gasteiger partial charge in [0.15, 0.2) is 5.60 Å². The van der Waals surface area contributed by atoms with Crippen LogP contribution in [-0.4, -0.2) is 16.9 Å². The Morgan fingerprint density at radius 3 is 1.67 bits per heavy atom. The van der Waals surface area contributed by atoms with Crippen molar-refractivity contribution in [3.8, 4) is 0 Å². The molecule has 0 spiro atoms. The lowest BCUT2D eigenvalue weighted by atomic mass is 9.73. The lowest BCUT2D eigenvalue weighted by Gasteiger charge is -2.36. The van der Waals surface area contributed by atoms with Gasteiger partial charge in [0.05, 0.1) is 0 Å². The SMILES string of the molecule is CC[C@@H](CC(C)(O)C(F)(F)F)C(C)(C)C. The molecule has 0 aliphatic carbocycles. The molecule has 0 amide bonds. The molecule has 0 radical (unpaired) electrons. The lowest BCUT2D eigenvalue weighted by molar-refractivity contribution is -0.260.